The van der Waals surface area contributed by atoms with Crippen LogP contribution in [0.1, 0.15) is 46.0 Å². The first kappa shape index (κ1) is 9.76. The van der Waals surface area contributed by atoms with Gasteiger partial charge in [0.2, 0.25) is 0 Å². The van der Waals surface area contributed by atoms with Crippen LogP contribution in [0.25, 0.3) is 0 Å². The topological polar surface area (TPSA) is 17.1 Å². The quantitative estimate of drug-likeness (QED) is 0.592. The molecule has 1 atom stereocenters. The molecule has 0 aromatic rings. The van der Waals surface area contributed by atoms with Crippen molar-refractivity contribution in [3.8, 4) is 0 Å². The highest BCUT2D eigenvalue weighted by Gasteiger charge is 2.19. The predicted molar refractivity (Wildman–Crippen MR) is 51.0 cm³/mol. The lowest BCUT2D eigenvalue weighted by atomic mass is 9.79. The van der Waals surface area contributed by atoms with Crippen molar-refractivity contribution in [2.75, 3.05) is 0 Å². The Balaban J connectivity index is 2.21. The lowest BCUT2D eigenvalue weighted by Crippen LogP contribution is -2.15. The molecule has 0 radical (unpaired) electrons. The van der Waals surface area contributed by atoms with Gasteiger partial charge in [-0.05, 0) is 18.3 Å². The van der Waals surface area contributed by atoms with Crippen molar-refractivity contribution < 1.29 is 4.79 Å². The second-order valence-corrected chi connectivity index (χ2v) is 4.47. The molecule has 0 aromatic heterocycles. The Labute approximate surface area is 75.5 Å². The second kappa shape index (κ2) is 4.64. The van der Waals surface area contributed by atoms with Crippen molar-refractivity contribution in [2.45, 2.75) is 46.0 Å². The zero-order chi connectivity index (χ0) is 8.97. The summed E-state index contributed by atoms with van der Waals surface area (Å²) in [7, 11) is 0. The third kappa shape index (κ3) is 2.96. The van der Waals surface area contributed by atoms with Crippen LogP contribution < -0.4 is 0 Å². The minimum atomic E-state index is 0.281. The summed E-state index contributed by atoms with van der Waals surface area (Å²) in [5.41, 5.74) is 0. The van der Waals surface area contributed by atoms with Crippen LogP contribution in [-0.4, -0.2) is 6.29 Å². The number of rotatable bonds is 3. The number of carbonyl (C=O) groups is 1. The third-order valence-corrected chi connectivity index (χ3v) is 3.07. The van der Waals surface area contributed by atoms with E-state index in [0.717, 1.165) is 24.5 Å². The van der Waals surface area contributed by atoms with E-state index in [4.69, 9.17) is 0 Å². The van der Waals surface area contributed by atoms with Gasteiger partial charge in [-0.15, -0.1) is 0 Å². The summed E-state index contributed by atoms with van der Waals surface area (Å²) in [4.78, 5) is 10.4. The molecule has 0 saturated heterocycles. The normalized spacial score (nSPS) is 32.8. The molecule has 70 valence electrons. The van der Waals surface area contributed by atoms with Crippen LogP contribution in [0.4, 0.5) is 0 Å². The van der Waals surface area contributed by atoms with E-state index in [1.807, 2.05) is 6.92 Å². The van der Waals surface area contributed by atoms with Gasteiger partial charge in [0.25, 0.3) is 0 Å². The highest BCUT2D eigenvalue weighted by Crippen LogP contribution is 2.31. The lowest BCUT2D eigenvalue weighted by Gasteiger charge is -2.26. The molecule has 0 N–H and O–H groups in total. The zero-order valence-corrected chi connectivity index (χ0v) is 8.25. The fourth-order valence-electron chi connectivity index (χ4n) is 2.15. The van der Waals surface area contributed by atoms with Gasteiger partial charge in [-0.3, -0.25) is 0 Å². The molecular weight excluding hydrogens is 148 g/mol. The molecule has 1 unspecified atom stereocenters. The molecule has 0 bridgehead atoms. The van der Waals surface area contributed by atoms with Crippen LogP contribution in [0.2, 0.25) is 0 Å². The van der Waals surface area contributed by atoms with E-state index in [0.29, 0.717) is 0 Å². The van der Waals surface area contributed by atoms with Gasteiger partial charge in [0.15, 0.2) is 0 Å². The van der Waals surface area contributed by atoms with Crippen molar-refractivity contribution in [2.24, 2.45) is 17.8 Å². The summed E-state index contributed by atoms with van der Waals surface area (Å²) in [6, 6.07) is 0. The van der Waals surface area contributed by atoms with E-state index in [1.165, 1.54) is 25.7 Å². The number of carbonyl (C=O) groups excluding carboxylic acids is 1. The van der Waals surface area contributed by atoms with Crippen molar-refractivity contribution in [1.29, 1.82) is 0 Å². The predicted octanol–water partition coefficient (Wildman–Crippen LogP) is 3.04. The summed E-state index contributed by atoms with van der Waals surface area (Å²) in [6.45, 7) is 4.37. The summed E-state index contributed by atoms with van der Waals surface area (Å²) in [6.07, 6.45) is 7.65. The molecule has 1 rings (SSSR count). The molecule has 0 amide bonds. The minimum Gasteiger partial charge on any atom is -0.303 e. The Kier molecular flexibility index (Phi) is 3.77. The van der Waals surface area contributed by atoms with Crippen molar-refractivity contribution >= 4 is 6.29 Å². The van der Waals surface area contributed by atoms with E-state index in [9.17, 15) is 4.79 Å². The van der Waals surface area contributed by atoms with Crippen LogP contribution >= 0.6 is 0 Å². The summed E-state index contributed by atoms with van der Waals surface area (Å²) < 4.78 is 0. The number of aldehydes is 1. The Morgan fingerprint density at radius 2 is 1.92 bits per heavy atom. The van der Waals surface area contributed by atoms with Crippen molar-refractivity contribution in [1.82, 2.24) is 0 Å². The van der Waals surface area contributed by atoms with E-state index in [1.54, 1.807) is 0 Å². The van der Waals surface area contributed by atoms with Gasteiger partial charge in [-0.2, -0.15) is 0 Å². The maximum atomic E-state index is 10.4. The fourth-order valence-corrected chi connectivity index (χ4v) is 2.15. The van der Waals surface area contributed by atoms with Crippen LogP contribution in [0, 0.1) is 17.8 Å². The van der Waals surface area contributed by atoms with Gasteiger partial charge in [0.1, 0.15) is 6.29 Å². The molecule has 1 nitrogen and oxygen atoms in total. The maximum absolute atomic E-state index is 10.4. The average molecular weight is 168 g/mol. The molecule has 1 saturated carbocycles. The van der Waals surface area contributed by atoms with E-state index in [-0.39, 0.29) is 5.92 Å². The standard InChI is InChI=1S/C11H20O/c1-9-3-5-11(6-4-9)7-10(2)8-12/h8-11H,3-7H2,1-2H3. The van der Waals surface area contributed by atoms with E-state index >= 15 is 0 Å². The first-order chi connectivity index (χ1) is 5.72. The van der Waals surface area contributed by atoms with E-state index < -0.39 is 0 Å². The lowest BCUT2D eigenvalue weighted by molar-refractivity contribution is -0.111. The molecule has 1 aliphatic carbocycles. The average Bonchev–Trinajstić information content (AvgIpc) is 2.09. The molecule has 12 heavy (non-hydrogen) atoms. The van der Waals surface area contributed by atoms with Gasteiger partial charge < -0.3 is 4.79 Å². The second-order valence-electron chi connectivity index (χ2n) is 4.47. The SMILES string of the molecule is CC(C=O)CC1CCC(C)CC1. The molecule has 1 aliphatic rings. The number of hydrogen-bond acceptors (Lipinski definition) is 1. The Hall–Kier alpha value is -0.330. The molecule has 0 aliphatic heterocycles. The Bertz CT molecular complexity index is 134. The summed E-state index contributed by atoms with van der Waals surface area (Å²) in [5.74, 6) is 2.04. The van der Waals surface area contributed by atoms with Crippen LogP contribution in [0.15, 0.2) is 0 Å². The van der Waals surface area contributed by atoms with E-state index in [2.05, 4.69) is 6.92 Å². The molecule has 1 heteroatoms. The van der Waals surface area contributed by atoms with Crippen molar-refractivity contribution in [3.63, 3.8) is 0 Å². The molecule has 0 heterocycles. The third-order valence-electron chi connectivity index (χ3n) is 3.07. The Morgan fingerprint density at radius 1 is 1.33 bits per heavy atom. The highest BCUT2D eigenvalue weighted by atomic mass is 16.1. The zero-order valence-electron chi connectivity index (χ0n) is 8.25. The highest BCUT2D eigenvalue weighted by molar-refractivity contribution is 5.52. The molecule has 1 fully saturated rings. The van der Waals surface area contributed by atoms with Crippen LogP contribution in [0.5, 0.6) is 0 Å². The molecule has 0 spiro atoms. The van der Waals surface area contributed by atoms with Gasteiger partial charge in [0.05, 0.1) is 0 Å². The Morgan fingerprint density at radius 3 is 2.42 bits per heavy atom. The fraction of sp³-hybridized carbons (Fsp3) is 0.909. The van der Waals surface area contributed by atoms with Gasteiger partial charge in [0, 0.05) is 5.92 Å². The summed E-state index contributed by atoms with van der Waals surface area (Å²) in [5, 5.41) is 0. The maximum Gasteiger partial charge on any atom is 0.122 e. The first-order valence-electron chi connectivity index (χ1n) is 5.17. The van der Waals surface area contributed by atoms with Gasteiger partial charge in [-0.1, -0.05) is 39.5 Å². The van der Waals surface area contributed by atoms with Crippen molar-refractivity contribution in [3.05, 3.63) is 0 Å². The van der Waals surface area contributed by atoms with Crippen LogP contribution in [0.3, 0.4) is 0 Å². The monoisotopic (exact) mass is 168 g/mol. The molecule has 0 aromatic carbocycles. The van der Waals surface area contributed by atoms with Gasteiger partial charge in [-0.25, -0.2) is 0 Å². The number of hydrogen-bond donors (Lipinski definition) is 0. The first-order valence-corrected chi connectivity index (χ1v) is 5.17. The largest absolute Gasteiger partial charge is 0.303 e. The summed E-state index contributed by atoms with van der Waals surface area (Å²) >= 11 is 0. The minimum absolute atomic E-state index is 0.281. The molecular formula is C11H20O. The van der Waals surface area contributed by atoms with Crippen LogP contribution in [-0.2, 0) is 4.79 Å². The van der Waals surface area contributed by atoms with Gasteiger partial charge >= 0.3 is 0 Å². The smallest absolute Gasteiger partial charge is 0.122 e.